The van der Waals surface area contributed by atoms with Crippen LogP contribution in [-0.2, 0) is 0 Å². The van der Waals surface area contributed by atoms with Crippen LogP contribution in [0.3, 0.4) is 0 Å². The number of rotatable bonds is 0. The summed E-state index contributed by atoms with van der Waals surface area (Å²) < 4.78 is 0.945. The maximum atomic E-state index is 4.38. The van der Waals surface area contributed by atoms with E-state index in [0.29, 0.717) is 0 Å². The van der Waals surface area contributed by atoms with Crippen molar-refractivity contribution in [3.05, 3.63) is 40.1 Å². The Hall–Kier alpha value is -0.890. The predicted molar refractivity (Wildman–Crippen MR) is 58.9 cm³/mol. The summed E-state index contributed by atoms with van der Waals surface area (Å²) in [5, 5.41) is 2.47. The molecule has 0 fully saturated rings. The zero-order valence-corrected chi connectivity index (χ0v) is 9.22. The summed E-state index contributed by atoms with van der Waals surface area (Å²) in [7, 11) is 0. The van der Waals surface area contributed by atoms with E-state index in [2.05, 4.69) is 52.1 Å². The van der Waals surface area contributed by atoms with Crippen molar-refractivity contribution in [3.63, 3.8) is 0 Å². The molecule has 13 heavy (non-hydrogen) atoms. The first-order valence-corrected chi connectivity index (χ1v) is 5.00. The van der Waals surface area contributed by atoms with E-state index in [1.165, 1.54) is 16.3 Å². The van der Waals surface area contributed by atoms with Crippen molar-refractivity contribution in [3.8, 4) is 0 Å². The molecule has 0 unspecified atom stereocenters. The van der Waals surface area contributed by atoms with Gasteiger partial charge in [0.15, 0.2) is 0 Å². The number of pyridine rings is 1. The Morgan fingerprint density at radius 3 is 2.77 bits per heavy atom. The minimum absolute atomic E-state index is 0.945. The van der Waals surface area contributed by atoms with Gasteiger partial charge in [-0.25, -0.2) is 4.98 Å². The lowest BCUT2D eigenvalue weighted by Gasteiger charge is -2.04. The summed E-state index contributed by atoms with van der Waals surface area (Å²) in [6.07, 6.45) is 0. The Bertz CT molecular complexity index is 463. The summed E-state index contributed by atoms with van der Waals surface area (Å²) in [5.41, 5.74) is 2.31. The molecule has 1 nitrogen and oxygen atoms in total. The molecule has 0 amide bonds. The molecule has 0 spiro atoms. The summed E-state index contributed by atoms with van der Waals surface area (Å²) >= 11 is 3.49. The topological polar surface area (TPSA) is 12.9 Å². The number of hydrogen-bond acceptors (Lipinski definition) is 1. The molecule has 2 rings (SSSR count). The lowest BCUT2D eigenvalue weighted by Crippen LogP contribution is -1.86. The molecule has 2 aromatic rings. The molecule has 2 heteroatoms. The highest BCUT2D eigenvalue weighted by Crippen LogP contribution is 2.25. The number of nitrogens with zero attached hydrogens (tertiary/aromatic N) is 1. The van der Waals surface area contributed by atoms with E-state index < -0.39 is 0 Å². The fourth-order valence-electron chi connectivity index (χ4n) is 1.56. The molecule has 0 atom stereocenters. The van der Waals surface area contributed by atoms with Crippen LogP contribution in [0.25, 0.3) is 10.8 Å². The van der Waals surface area contributed by atoms with Crippen LogP contribution in [0.1, 0.15) is 11.3 Å². The van der Waals surface area contributed by atoms with Crippen LogP contribution in [0.5, 0.6) is 0 Å². The number of aromatic nitrogens is 1. The Balaban J connectivity index is 2.94. The Kier molecular flexibility index (Phi) is 2.08. The SMILES string of the molecule is Cc1cc2cccc(C)c2c(Br)n1. The summed E-state index contributed by atoms with van der Waals surface area (Å²) in [5.74, 6) is 0. The second-order valence-corrected chi connectivity index (χ2v) is 3.98. The molecule has 0 saturated carbocycles. The average molecular weight is 236 g/mol. The van der Waals surface area contributed by atoms with Gasteiger partial charge >= 0.3 is 0 Å². The van der Waals surface area contributed by atoms with Gasteiger partial charge in [0.05, 0.1) is 0 Å². The molecule has 0 bridgehead atoms. The lowest BCUT2D eigenvalue weighted by atomic mass is 10.1. The van der Waals surface area contributed by atoms with E-state index in [1.54, 1.807) is 0 Å². The number of halogens is 1. The van der Waals surface area contributed by atoms with Crippen LogP contribution in [0.2, 0.25) is 0 Å². The van der Waals surface area contributed by atoms with Crippen LogP contribution in [0.15, 0.2) is 28.9 Å². The first-order valence-electron chi connectivity index (χ1n) is 4.21. The van der Waals surface area contributed by atoms with E-state index in [4.69, 9.17) is 0 Å². The van der Waals surface area contributed by atoms with E-state index in [1.807, 2.05) is 6.92 Å². The van der Waals surface area contributed by atoms with Gasteiger partial charge in [-0.2, -0.15) is 0 Å². The Labute approximate surface area is 85.9 Å². The predicted octanol–water partition coefficient (Wildman–Crippen LogP) is 3.61. The van der Waals surface area contributed by atoms with Crippen molar-refractivity contribution in [1.82, 2.24) is 4.98 Å². The molecule has 0 radical (unpaired) electrons. The van der Waals surface area contributed by atoms with Crippen LogP contribution >= 0.6 is 15.9 Å². The first-order chi connectivity index (χ1) is 6.18. The van der Waals surface area contributed by atoms with E-state index >= 15 is 0 Å². The fourth-order valence-corrected chi connectivity index (χ4v) is 2.38. The number of aryl methyl sites for hydroxylation is 2. The highest BCUT2D eigenvalue weighted by Gasteiger charge is 2.02. The Morgan fingerprint density at radius 2 is 2.00 bits per heavy atom. The number of benzene rings is 1. The molecule has 0 saturated heterocycles. The van der Waals surface area contributed by atoms with Gasteiger partial charge in [0.2, 0.25) is 0 Å². The lowest BCUT2D eigenvalue weighted by molar-refractivity contribution is 1.19. The van der Waals surface area contributed by atoms with Crippen LogP contribution in [0.4, 0.5) is 0 Å². The van der Waals surface area contributed by atoms with Gasteiger partial charge in [0.1, 0.15) is 4.60 Å². The summed E-state index contributed by atoms with van der Waals surface area (Å²) in [6.45, 7) is 4.11. The van der Waals surface area contributed by atoms with Crippen LogP contribution < -0.4 is 0 Å². The van der Waals surface area contributed by atoms with Gasteiger partial charge in [-0.05, 0) is 46.8 Å². The molecule has 66 valence electrons. The van der Waals surface area contributed by atoms with Crippen molar-refractivity contribution >= 4 is 26.7 Å². The van der Waals surface area contributed by atoms with Gasteiger partial charge in [-0.1, -0.05) is 18.2 Å². The maximum Gasteiger partial charge on any atom is 0.114 e. The van der Waals surface area contributed by atoms with Gasteiger partial charge < -0.3 is 0 Å². The molecule has 1 aromatic carbocycles. The van der Waals surface area contributed by atoms with Crippen LogP contribution in [-0.4, -0.2) is 4.98 Å². The van der Waals surface area contributed by atoms with E-state index in [-0.39, 0.29) is 0 Å². The van der Waals surface area contributed by atoms with Crippen molar-refractivity contribution in [1.29, 1.82) is 0 Å². The zero-order valence-electron chi connectivity index (χ0n) is 7.63. The highest BCUT2D eigenvalue weighted by molar-refractivity contribution is 9.10. The van der Waals surface area contributed by atoms with Crippen molar-refractivity contribution < 1.29 is 0 Å². The zero-order chi connectivity index (χ0) is 9.42. The standard InChI is InChI=1S/C11H10BrN/c1-7-4-3-5-9-6-8(2)13-11(12)10(7)9/h3-6H,1-2H3. The fraction of sp³-hybridized carbons (Fsp3) is 0.182. The maximum absolute atomic E-state index is 4.38. The molecule has 1 aromatic heterocycles. The van der Waals surface area contributed by atoms with Gasteiger partial charge in [-0.3, -0.25) is 0 Å². The minimum Gasteiger partial charge on any atom is -0.246 e. The molecule has 1 heterocycles. The molecule has 0 aliphatic carbocycles. The molecular weight excluding hydrogens is 226 g/mol. The largest absolute Gasteiger partial charge is 0.246 e. The summed E-state index contributed by atoms with van der Waals surface area (Å²) in [4.78, 5) is 4.38. The number of hydrogen-bond donors (Lipinski definition) is 0. The highest BCUT2D eigenvalue weighted by atomic mass is 79.9. The van der Waals surface area contributed by atoms with Crippen molar-refractivity contribution in [2.45, 2.75) is 13.8 Å². The normalized spacial score (nSPS) is 10.7. The average Bonchev–Trinajstić information content (AvgIpc) is 2.02. The third-order valence-corrected chi connectivity index (χ3v) is 2.72. The van der Waals surface area contributed by atoms with Gasteiger partial charge in [0, 0.05) is 11.1 Å². The summed E-state index contributed by atoms with van der Waals surface area (Å²) in [6, 6.07) is 8.39. The van der Waals surface area contributed by atoms with Gasteiger partial charge in [-0.15, -0.1) is 0 Å². The second-order valence-electron chi connectivity index (χ2n) is 3.23. The molecule has 0 aliphatic heterocycles. The van der Waals surface area contributed by atoms with Crippen LogP contribution in [0, 0.1) is 13.8 Å². The van der Waals surface area contributed by atoms with E-state index in [9.17, 15) is 0 Å². The van der Waals surface area contributed by atoms with Crippen molar-refractivity contribution in [2.24, 2.45) is 0 Å². The molecule has 0 aliphatic rings. The quantitative estimate of drug-likeness (QED) is 0.636. The molecule has 0 N–H and O–H groups in total. The second kappa shape index (κ2) is 3.11. The smallest absolute Gasteiger partial charge is 0.114 e. The third kappa shape index (κ3) is 1.46. The number of fused-ring (bicyclic) bond motifs is 1. The Morgan fingerprint density at radius 1 is 1.23 bits per heavy atom. The monoisotopic (exact) mass is 235 g/mol. The first kappa shape index (κ1) is 8.70. The molecular formula is C11H10BrN. The van der Waals surface area contributed by atoms with Gasteiger partial charge in [0.25, 0.3) is 0 Å². The van der Waals surface area contributed by atoms with E-state index in [0.717, 1.165) is 10.3 Å². The minimum atomic E-state index is 0.945. The van der Waals surface area contributed by atoms with Crippen molar-refractivity contribution in [2.75, 3.05) is 0 Å². The third-order valence-electron chi connectivity index (χ3n) is 2.15.